The molecule has 570 valence electrons. The predicted molar refractivity (Wildman–Crippen MR) is 381 cm³/mol. The van der Waals surface area contributed by atoms with Crippen LogP contribution in [0.3, 0.4) is 0 Å². The lowest BCUT2D eigenvalue weighted by Crippen LogP contribution is -2.62. The molecule has 0 aliphatic heterocycles. The number of aromatic hydroxyl groups is 2. The van der Waals surface area contributed by atoms with Gasteiger partial charge in [0.05, 0.1) is 12.5 Å². The van der Waals surface area contributed by atoms with E-state index in [4.69, 9.17) is 11.5 Å². The van der Waals surface area contributed by atoms with Crippen LogP contribution in [0.15, 0.2) is 78.9 Å². The molecule has 0 fully saturated rings. The van der Waals surface area contributed by atoms with Gasteiger partial charge in [-0.05, 0) is 78.5 Å². The molecule has 12 amide bonds. The standard InChI is InChI=1S/C66H91N13O22S3/c1-5-33(4)54(79-60(94)43(26-35-11-15-37(80)16-12-35)72-62(96)46(29-102)75-55(89)39(67)25-34-9-7-6-8-10-34)65(99)77-48(31-104)61(95)70-42(21-24-51(85)86)58(92)78-53(32(2)3)64(98)71-41(20-23-50(83)84)56(90)73-44(28-52(87)88)59(93)69-40(19-22-49(68)82)57(91)76-47(30-103)63(97)74-45(66(100)101)27-36-13-17-38(81)18-14-36/h6-18,32-33,39-48,53-54,80-81,102-104H,5,19-31,67H2,1-4H3,(H2,68,82)(H,69,93)(H,70,95)(H,71,98)(H,72,96)(H,73,90)(H,74,97)(H,75,89)(H,76,91)(H,77,99)(H,78,92)(H,79,94)(H,83,84)(H,85,86)(H,87,88)(H,100,101)/t33-,39-,40-,41-,42-,43-,44-,45-,46-,47-,48-,53-,54-/m0/s1. The Labute approximate surface area is 614 Å². The summed E-state index contributed by atoms with van der Waals surface area (Å²) in [4.78, 5) is 214. The quantitative estimate of drug-likeness (QED) is 0.0248. The van der Waals surface area contributed by atoms with Gasteiger partial charge in [0.1, 0.15) is 78.0 Å². The van der Waals surface area contributed by atoms with Crippen LogP contribution in [0.4, 0.5) is 0 Å². The smallest absolute Gasteiger partial charge is 0.326 e. The molecule has 3 rings (SSSR count). The third kappa shape index (κ3) is 30.8. The van der Waals surface area contributed by atoms with Crippen LogP contribution >= 0.6 is 37.9 Å². The molecule has 0 heterocycles. The number of amides is 12. The third-order valence-corrected chi connectivity index (χ3v) is 17.1. The SMILES string of the molecule is CC[C@H](C)[C@H](NC(=O)[C@H](Cc1ccc(O)cc1)NC(=O)[C@H](CS)NC(=O)[C@@H](N)Cc1ccccc1)C(=O)N[C@@H](CS)C(=O)N[C@@H](CCC(=O)O)C(=O)N[C@H](C(=O)N[C@@H](CCC(=O)O)C(=O)N[C@@H](CC(=O)O)C(=O)N[C@@H](CCC(N)=O)C(=O)N[C@@H](CS)C(=O)N[C@@H](Cc1ccc(O)cc1)C(=O)O)C(C)C. The van der Waals surface area contributed by atoms with E-state index in [1.807, 2.05) is 0 Å². The van der Waals surface area contributed by atoms with Crippen LogP contribution in [0.25, 0.3) is 0 Å². The van der Waals surface area contributed by atoms with Crippen molar-refractivity contribution in [2.45, 2.75) is 171 Å². The second-order valence-corrected chi connectivity index (χ2v) is 25.6. The molecule has 3 aromatic rings. The van der Waals surface area contributed by atoms with Gasteiger partial charge in [-0.2, -0.15) is 37.9 Å². The number of primary amides is 1. The maximum absolute atomic E-state index is 14.4. The number of phenols is 2. The summed E-state index contributed by atoms with van der Waals surface area (Å²) < 4.78 is 0. The summed E-state index contributed by atoms with van der Waals surface area (Å²) in [6.07, 6.45) is -5.70. The molecule has 21 N–H and O–H groups in total. The Morgan fingerprint density at radius 2 is 0.702 bits per heavy atom. The molecule has 0 spiro atoms. The van der Waals surface area contributed by atoms with E-state index in [1.165, 1.54) is 62.4 Å². The molecule has 0 aliphatic rings. The number of carboxylic acids is 4. The second-order valence-electron chi connectivity index (χ2n) is 24.5. The summed E-state index contributed by atoms with van der Waals surface area (Å²) in [6, 6.07) is 0.0751. The number of benzene rings is 3. The van der Waals surface area contributed by atoms with Gasteiger partial charge in [0.15, 0.2) is 0 Å². The minimum absolute atomic E-state index is 0.114. The van der Waals surface area contributed by atoms with Gasteiger partial charge in [-0.1, -0.05) is 88.7 Å². The average Bonchev–Trinajstić information content (AvgIpc) is 0.918. The highest BCUT2D eigenvalue weighted by Crippen LogP contribution is 2.17. The number of rotatable bonds is 46. The van der Waals surface area contributed by atoms with E-state index < -0.39 is 236 Å². The lowest BCUT2D eigenvalue weighted by atomic mass is 9.96. The van der Waals surface area contributed by atoms with Crippen LogP contribution in [0, 0.1) is 11.8 Å². The zero-order valence-corrected chi connectivity index (χ0v) is 59.9. The number of carboxylic acid groups (broad SMARTS) is 4. The molecule has 0 unspecified atom stereocenters. The van der Waals surface area contributed by atoms with E-state index >= 15 is 0 Å². The van der Waals surface area contributed by atoms with E-state index in [9.17, 15) is 107 Å². The van der Waals surface area contributed by atoms with Gasteiger partial charge in [-0.25, -0.2) is 4.79 Å². The minimum Gasteiger partial charge on any atom is -0.508 e. The van der Waals surface area contributed by atoms with Crippen molar-refractivity contribution in [2.24, 2.45) is 23.3 Å². The first-order valence-electron chi connectivity index (χ1n) is 32.7. The predicted octanol–water partition coefficient (Wildman–Crippen LogP) is -3.17. The lowest BCUT2D eigenvalue weighted by molar-refractivity contribution is -0.142. The normalized spacial score (nSPS) is 14.8. The van der Waals surface area contributed by atoms with E-state index in [2.05, 4.69) is 96.4 Å². The minimum atomic E-state index is -2.16. The molecule has 38 heteroatoms. The van der Waals surface area contributed by atoms with E-state index in [-0.39, 0.29) is 42.9 Å². The Morgan fingerprint density at radius 1 is 0.375 bits per heavy atom. The van der Waals surface area contributed by atoms with Crippen LogP contribution in [-0.4, -0.2) is 215 Å². The highest BCUT2D eigenvalue weighted by molar-refractivity contribution is 7.80. The molecule has 0 saturated heterocycles. The summed E-state index contributed by atoms with van der Waals surface area (Å²) in [5.74, 6) is -22.5. The Kier molecular flexibility index (Phi) is 37.5. The number of thiol groups is 3. The fraction of sp³-hybridized carbons (Fsp3) is 0.485. The van der Waals surface area contributed by atoms with Crippen molar-refractivity contribution in [3.8, 4) is 11.5 Å². The van der Waals surface area contributed by atoms with Gasteiger partial charge in [-0.3, -0.25) is 71.9 Å². The molecule has 3 aromatic carbocycles. The van der Waals surface area contributed by atoms with Crippen LogP contribution in [0.1, 0.15) is 95.8 Å². The molecule has 35 nitrogen and oxygen atoms in total. The van der Waals surface area contributed by atoms with Crippen LogP contribution < -0.4 is 70.0 Å². The fourth-order valence-corrected chi connectivity index (χ4v) is 10.7. The summed E-state index contributed by atoms with van der Waals surface area (Å²) in [7, 11) is 0. The summed E-state index contributed by atoms with van der Waals surface area (Å²) in [6.45, 7) is 6.05. The maximum atomic E-state index is 14.4. The number of carbonyl (C=O) groups is 16. The van der Waals surface area contributed by atoms with Crippen molar-refractivity contribution in [3.63, 3.8) is 0 Å². The van der Waals surface area contributed by atoms with E-state index in [0.29, 0.717) is 11.1 Å². The summed E-state index contributed by atoms with van der Waals surface area (Å²) in [5.41, 5.74) is 13.0. The van der Waals surface area contributed by atoms with Crippen LogP contribution in [0.5, 0.6) is 11.5 Å². The van der Waals surface area contributed by atoms with Crippen LogP contribution in [-0.2, 0) is 96.0 Å². The zero-order valence-electron chi connectivity index (χ0n) is 57.2. The number of nitrogens with two attached hydrogens (primary N) is 2. The number of nitrogens with one attached hydrogen (secondary N) is 11. The van der Waals surface area contributed by atoms with Crippen molar-refractivity contribution >= 4 is 133 Å². The molecule has 0 aromatic heterocycles. The first-order chi connectivity index (χ1) is 49.0. The van der Waals surface area contributed by atoms with Gasteiger partial charge in [0.25, 0.3) is 0 Å². The molecular formula is C66H91N13O22S3. The molecule has 13 atom stereocenters. The second kappa shape index (κ2) is 44.3. The molecule has 0 aliphatic carbocycles. The Hall–Kier alpha value is -10.2. The largest absolute Gasteiger partial charge is 0.508 e. The van der Waals surface area contributed by atoms with Crippen LogP contribution in [0.2, 0.25) is 0 Å². The van der Waals surface area contributed by atoms with Gasteiger partial charge < -0.3 is 101 Å². The highest BCUT2D eigenvalue weighted by Gasteiger charge is 2.39. The van der Waals surface area contributed by atoms with E-state index in [1.54, 1.807) is 44.2 Å². The lowest BCUT2D eigenvalue weighted by Gasteiger charge is -2.30. The number of aliphatic carboxylic acids is 4. The number of phenolic OH excluding ortho intramolecular Hbond substituents is 2. The highest BCUT2D eigenvalue weighted by atomic mass is 32.1. The molecule has 104 heavy (non-hydrogen) atoms. The first-order valence-corrected chi connectivity index (χ1v) is 34.6. The Bertz CT molecular complexity index is 3510. The summed E-state index contributed by atoms with van der Waals surface area (Å²) >= 11 is 12.6. The molecule has 0 radical (unpaired) electrons. The van der Waals surface area contributed by atoms with Gasteiger partial charge >= 0.3 is 23.9 Å². The maximum Gasteiger partial charge on any atom is 0.326 e. The monoisotopic (exact) mass is 1510 g/mol. The topological polar surface area (TPSA) is 579 Å². The van der Waals surface area contributed by atoms with Gasteiger partial charge in [0, 0.05) is 49.4 Å². The Balaban J connectivity index is 1.86. The summed E-state index contributed by atoms with van der Waals surface area (Å²) in [5, 5.41) is 84.6. The van der Waals surface area contributed by atoms with Crippen molar-refractivity contribution in [1.29, 1.82) is 0 Å². The molecule has 0 bridgehead atoms. The third-order valence-electron chi connectivity index (χ3n) is 16.0. The van der Waals surface area contributed by atoms with E-state index in [0.717, 1.165) is 5.56 Å². The van der Waals surface area contributed by atoms with Crippen molar-refractivity contribution in [1.82, 2.24) is 58.5 Å². The van der Waals surface area contributed by atoms with Gasteiger partial charge in [-0.15, -0.1) is 0 Å². The number of hydrogen-bond acceptors (Lipinski definition) is 22. The van der Waals surface area contributed by atoms with Crippen molar-refractivity contribution in [3.05, 3.63) is 95.6 Å². The van der Waals surface area contributed by atoms with Crippen molar-refractivity contribution < 1.29 is 107 Å². The molecule has 0 saturated carbocycles. The fourth-order valence-electron chi connectivity index (χ4n) is 9.88. The Morgan fingerprint density at radius 3 is 1.12 bits per heavy atom. The number of carbonyl (C=O) groups excluding carboxylic acids is 12. The average molecular weight is 1510 g/mol. The number of hydrogen-bond donors (Lipinski definition) is 22. The van der Waals surface area contributed by atoms with Gasteiger partial charge in [0.2, 0.25) is 70.9 Å². The van der Waals surface area contributed by atoms with Crippen molar-refractivity contribution in [2.75, 3.05) is 17.3 Å². The zero-order chi connectivity index (χ0) is 78.1. The molecular weight excluding hydrogens is 1420 g/mol. The first kappa shape index (κ1) is 88.0.